The lowest BCUT2D eigenvalue weighted by molar-refractivity contribution is -0.121. The van der Waals surface area contributed by atoms with Crippen molar-refractivity contribution in [3.05, 3.63) is 75.8 Å². The fourth-order valence-corrected chi connectivity index (χ4v) is 4.91. The third-order valence-electron chi connectivity index (χ3n) is 5.25. The highest BCUT2D eigenvalue weighted by atomic mass is 32.1. The molecule has 0 aliphatic rings. The number of aromatic nitrogens is 1. The molecule has 2 aromatic heterocycles. The Labute approximate surface area is 206 Å². The molecule has 0 atom stereocenters. The zero-order valence-corrected chi connectivity index (χ0v) is 20.5. The maximum atomic E-state index is 12.1. The van der Waals surface area contributed by atoms with E-state index in [0.29, 0.717) is 22.9 Å². The quantitative estimate of drug-likeness (QED) is 0.282. The number of carbonyl (C=O) groups is 2. The van der Waals surface area contributed by atoms with Crippen LogP contribution in [0.25, 0.3) is 21.8 Å². The summed E-state index contributed by atoms with van der Waals surface area (Å²) in [5.74, 6) is 1.22. The molecule has 0 saturated carbocycles. The van der Waals surface area contributed by atoms with Gasteiger partial charge in [-0.05, 0) is 35.2 Å². The minimum Gasteiger partial charge on any atom is -0.493 e. The standard InChI is InChI=1S/C26H24N2O4S2/c1-31-22-11-9-19(14-23(22)32-2)20-16-34-26(28-20)18-7-5-17(6-8-18)15-27-25(30)12-10-21(29)24-4-3-13-33-24/h3-9,11,13-14,16H,10,12,15H2,1-2H3,(H,27,30). The van der Waals surface area contributed by atoms with E-state index in [1.807, 2.05) is 59.3 Å². The molecule has 6 nitrogen and oxygen atoms in total. The monoisotopic (exact) mass is 492 g/mol. The average molecular weight is 493 g/mol. The van der Waals surface area contributed by atoms with Gasteiger partial charge in [0, 0.05) is 35.9 Å². The normalized spacial score (nSPS) is 10.6. The summed E-state index contributed by atoms with van der Waals surface area (Å²) in [4.78, 5) is 29.6. The molecule has 2 heterocycles. The number of benzene rings is 2. The third kappa shape index (κ3) is 5.70. The number of methoxy groups -OCH3 is 2. The lowest BCUT2D eigenvalue weighted by Crippen LogP contribution is -2.23. The van der Waals surface area contributed by atoms with Crippen LogP contribution >= 0.6 is 22.7 Å². The number of nitrogens with zero attached hydrogens (tertiary/aromatic N) is 1. The van der Waals surface area contributed by atoms with Gasteiger partial charge in [0.25, 0.3) is 0 Å². The highest BCUT2D eigenvalue weighted by Crippen LogP contribution is 2.34. The van der Waals surface area contributed by atoms with Gasteiger partial charge in [0.2, 0.25) is 5.91 Å². The van der Waals surface area contributed by atoms with E-state index in [1.165, 1.54) is 11.3 Å². The van der Waals surface area contributed by atoms with E-state index < -0.39 is 0 Å². The fourth-order valence-electron chi connectivity index (χ4n) is 3.38. The molecular weight excluding hydrogens is 468 g/mol. The average Bonchev–Trinajstić information content (AvgIpc) is 3.59. The molecule has 0 saturated heterocycles. The van der Waals surface area contributed by atoms with Crippen LogP contribution in [0.3, 0.4) is 0 Å². The van der Waals surface area contributed by atoms with Crippen LogP contribution in [0.1, 0.15) is 28.1 Å². The Kier molecular flexibility index (Phi) is 7.72. The number of thiazole rings is 1. The van der Waals surface area contributed by atoms with Crippen LogP contribution < -0.4 is 14.8 Å². The minimum absolute atomic E-state index is 0.00500. The van der Waals surface area contributed by atoms with Gasteiger partial charge >= 0.3 is 0 Å². The fraction of sp³-hybridized carbons (Fsp3) is 0.192. The second-order valence-corrected chi connectivity index (χ2v) is 9.29. The number of nitrogens with one attached hydrogen (secondary N) is 1. The highest BCUT2D eigenvalue weighted by Gasteiger charge is 2.12. The smallest absolute Gasteiger partial charge is 0.220 e. The van der Waals surface area contributed by atoms with Crippen molar-refractivity contribution < 1.29 is 19.1 Å². The molecule has 174 valence electrons. The Morgan fingerprint density at radius 1 is 0.912 bits per heavy atom. The Morgan fingerprint density at radius 2 is 1.68 bits per heavy atom. The van der Waals surface area contributed by atoms with Gasteiger partial charge in [-0.3, -0.25) is 9.59 Å². The molecule has 0 aliphatic carbocycles. The lowest BCUT2D eigenvalue weighted by atomic mass is 10.1. The summed E-state index contributed by atoms with van der Waals surface area (Å²) >= 11 is 2.97. The SMILES string of the molecule is COc1ccc(-c2csc(-c3ccc(CNC(=O)CCC(=O)c4cccs4)cc3)n2)cc1OC. The third-order valence-corrected chi connectivity index (χ3v) is 7.05. The van der Waals surface area contributed by atoms with Gasteiger partial charge in [0.05, 0.1) is 24.8 Å². The summed E-state index contributed by atoms with van der Waals surface area (Å²) < 4.78 is 10.7. The lowest BCUT2D eigenvalue weighted by Gasteiger charge is -2.08. The molecular formula is C26H24N2O4S2. The molecule has 0 aliphatic heterocycles. The van der Waals surface area contributed by atoms with Gasteiger partial charge < -0.3 is 14.8 Å². The molecule has 0 fully saturated rings. The molecule has 0 radical (unpaired) electrons. The molecule has 0 bridgehead atoms. The number of thiophene rings is 1. The second kappa shape index (κ2) is 11.1. The molecule has 0 unspecified atom stereocenters. The molecule has 4 rings (SSSR count). The summed E-state index contributed by atoms with van der Waals surface area (Å²) in [6, 6.07) is 17.3. The second-order valence-electron chi connectivity index (χ2n) is 7.48. The van der Waals surface area contributed by atoms with Crippen molar-refractivity contribution in [2.24, 2.45) is 0 Å². The maximum absolute atomic E-state index is 12.1. The number of Topliss-reactive ketones (excluding diaryl/α,β-unsaturated/α-hetero) is 1. The van der Waals surface area contributed by atoms with Crippen molar-refractivity contribution in [3.63, 3.8) is 0 Å². The number of ketones is 1. The zero-order valence-electron chi connectivity index (χ0n) is 18.9. The van der Waals surface area contributed by atoms with Gasteiger partial charge in [-0.25, -0.2) is 4.98 Å². The first-order valence-electron chi connectivity index (χ1n) is 10.7. The Balaban J connectivity index is 1.33. The van der Waals surface area contributed by atoms with Crippen molar-refractivity contribution >= 4 is 34.4 Å². The summed E-state index contributed by atoms with van der Waals surface area (Å²) in [5, 5.41) is 7.67. The summed E-state index contributed by atoms with van der Waals surface area (Å²) in [7, 11) is 3.23. The van der Waals surface area contributed by atoms with Crippen LogP contribution in [0.4, 0.5) is 0 Å². The topological polar surface area (TPSA) is 77.5 Å². The van der Waals surface area contributed by atoms with E-state index in [0.717, 1.165) is 27.4 Å². The highest BCUT2D eigenvalue weighted by molar-refractivity contribution is 7.13. The van der Waals surface area contributed by atoms with E-state index >= 15 is 0 Å². The van der Waals surface area contributed by atoms with Gasteiger partial charge in [-0.2, -0.15) is 0 Å². The molecule has 0 spiro atoms. The number of amides is 1. The Bertz CT molecular complexity index is 1260. The molecule has 4 aromatic rings. The van der Waals surface area contributed by atoms with E-state index in [-0.39, 0.29) is 24.5 Å². The minimum atomic E-state index is -0.131. The van der Waals surface area contributed by atoms with E-state index in [9.17, 15) is 9.59 Å². The summed E-state index contributed by atoms with van der Waals surface area (Å²) in [5.41, 5.74) is 3.82. The zero-order chi connectivity index (χ0) is 23.9. The van der Waals surface area contributed by atoms with Crippen molar-refractivity contribution in [2.75, 3.05) is 14.2 Å². The van der Waals surface area contributed by atoms with Crippen molar-refractivity contribution in [3.8, 4) is 33.3 Å². The molecule has 34 heavy (non-hydrogen) atoms. The maximum Gasteiger partial charge on any atom is 0.220 e. The van der Waals surface area contributed by atoms with E-state index in [4.69, 9.17) is 14.5 Å². The molecule has 8 heteroatoms. The molecule has 2 aromatic carbocycles. The Hall–Kier alpha value is -3.49. The number of hydrogen-bond donors (Lipinski definition) is 1. The predicted molar refractivity (Wildman–Crippen MR) is 136 cm³/mol. The van der Waals surface area contributed by atoms with Crippen LogP contribution in [0.15, 0.2) is 65.4 Å². The van der Waals surface area contributed by atoms with Crippen molar-refractivity contribution in [2.45, 2.75) is 19.4 Å². The first-order chi connectivity index (χ1) is 16.6. The number of hydrogen-bond acceptors (Lipinski definition) is 7. The van der Waals surface area contributed by atoms with Crippen molar-refractivity contribution in [1.82, 2.24) is 10.3 Å². The van der Waals surface area contributed by atoms with Gasteiger partial charge in [0.15, 0.2) is 17.3 Å². The van der Waals surface area contributed by atoms with Crippen LogP contribution in [-0.4, -0.2) is 30.9 Å². The molecule has 1 N–H and O–H groups in total. The van der Waals surface area contributed by atoms with Gasteiger partial charge in [-0.1, -0.05) is 30.3 Å². The van der Waals surface area contributed by atoms with Gasteiger partial charge in [0.1, 0.15) is 5.01 Å². The van der Waals surface area contributed by atoms with E-state index in [2.05, 4.69) is 5.32 Å². The predicted octanol–water partition coefficient (Wildman–Crippen LogP) is 5.84. The van der Waals surface area contributed by atoms with Crippen molar-refractivity contribution in [1.29, 1.82) is 0 Å². The van der Waals surface area contributed by atoms with E-state index in [1.54, 1.807) is 31.6 Å². The Morgan fingerprint density at radius 3 is 2.38 bits per heavy atom. The van der Waals surface area contributed by atoms with Crippen LogP contribution in [0, 0.1) is 0 Å². The number of rotatable bonds is 10. The first-order valence-corrected chi connectivity index (χ1v) is 12.4. The first kappa shape index (κ1) is 23.7. The number of ether oxygens (including phenoxy) is 2. The van der Waals surface area contributed by atoms with Crippen LogP contribution in [0.2, 0.25) is 0 Å². The number of carbonyl (C=O) groups excluding carboxylic acids is 2. The van der Waals surface area contributed by atoms with Crippen LogP contribution in [0.5, 0.6) is 11.5 Å². The largest absolute Gasteiger partial charge is 0.493 e. The molecule has 1 amide bonds. The summed E-state index contributed by atoms with van der Waals surface area (Å²) in [6.45, 7) is 0.418. The van der Waals surface area contributed by atoms with Gasteiger partial charge in [-0.15, -0.1) is 22.7 Å². The summed E-state index contributed by atoms with van der Waals surface area (Å²) in [6.07, 6.45) is 0.407. The van der Waals surface area contributed by atoms with Crippen LogP contribution in [-0.2, 0) is 11.3 Å².